The van der Waals surface area contributed by atoms with E-state index in [-0.39, 0.29) is 0 Å². The maximum absolute atomic E-state index is 10.6. The first kappa shape index (κ1) is 25.5. The van der Waals surface area contributed by atoms with Crippen molar-refractivity contribution in [1.82, 2.24) is 0 Å². The van der Waals surface area contributed by atoms with Gasteiger partial charge in [0.2, 0.25) is 0 Å². The lowest BCUT2D eigenvalue weighted by Crippen LogP contribution is -2.58. The molecule has 6 nitrogen and oxygen atoms in total. The Kier molecular flexibility index (Phi) is 7.39. The van der Waals surface area contributed by atoms with Crippen molar-refractivity contribution >= 4 is 46.5 Å². The molecule has 2 aromatic heterocycles. The first-order valence-electron chi connectivity index (χ1n) is 9.81. The number of hydrogen-bond donors (Lipinski definition) is 4. The van der Waals surface area contributed by atoms with Gasteiger partial charge in [0, 0.05) is 19.3 Å². The summed E-state index contributed by atoms with van der Waals surface area (Å²) in [6.07, 6.45) is 0. The Morgan fingerprint density at radius 2 is 1.03 bits per heavy atom. The van der Waals surface area contributed by atoms with Crippen LogP contribution in [-0.2, 0) is 9.31 Å². The number of thiophene rings is 2. The van der Waals surface area contributed by atoms with Crippen molar-refractivity contribution in [3.8, 4) is 9.75 Å². The first-order valence-corrected chi connectivity index (χ1v) is 11.4. The molecule has 0 aliphatic carbocycles. The van der Waals surface area contributed by atoms with Crippen molar-refractivity contribution < 1.29 is 29.6 Å². The standard InChI is InChI=1S/C20H32B2O6S2/c1-17(2,23)19(5,6)27-22(28-20(7,8)18(3,4)24)16-12-10-14(30-16)13-9-11-15(29-13)21(25)26/h9-12,23-26H,1-8H3. The molecule has 0 aliphatic heterocycles. The van der Waals surface area contributed by atoms with E-state index in [0.717, 1.165) is 14.5 Å². The Bertz CT molecular complexity index is 818. The molecule has 10 heteroatoms. The number of aliphatic hydroxyl groups is 2. The van der Waals surface area contributed by atoms with E-state index in [2.05, 4.69) is 0 Å². The third kappa shape index (κ3) is 5.75. The third-order valence-corrected chi connectivity index (χ3v) is 8.16. The van der Waals surface area contributed by atoms with Gasteiger partial charge in [-0.3, -0.25) is 0 Å². The Morgan fingerprint density at radius 1 is 0.667 bits per heavy atom. The lowest BCUT2D eigenvalue weighted by Gasteiger charge is -2.43. The molecule has 0 atom stereocenters. The lowest BCUT2D eigenvalue weighted by atomic mass is 9.78. The molecule has 0 aliphatic rings. The fourth-order valence-electron chi connectivity index (χ4n) is 2.20. The topological polar surface area (TPSA) is 99.4 Å². The van der Waals surface area contributed by atoms with Crippen LogP contribution in [0.3, 0.4) is 0 Å². The van der Waals surface area contributed by atoms with Crippen LogP contribution in [0.1, 0.15) is 55.4 Å². The average Bonchev–Trinajstić information content (AvgIpc) is 3.21. The maximum Gasteiger partial charge on any atom is 0.505 e. The third-order valence-electron chi connectivity index (χ3n) is 5.73. The zero-order valence-electron chi connectivity index (χ0n) is 18.9. The lowest BCUT2D eigenvalue weighted by molar-refractivity contribution is -0.131. The normalized spacial score (nSPS) is 13.6. The van der Waals surface area contributed by atoms with Crippen LogP contribution in [0.25, 0.3) is 9.75 Å². The molecule has 0 amide bonds. The van der Waals surface area contributed by atoms with Gasteiger partial charge in [-0.25, -0.2) is 0 Å². The van der Waals surface area contributed by atoms with E-state index < -0.39 is 36.6 Å². The largest absolute Gasteiger partial charge is 0.505 e. The van der Waals surface area contributed by atoms with E-state index >= 15 is 0 Å². The van der Waals surface area contributed by atoms with Gasteiger partial charge in [0.15, 0.2) is 0 Å². The Labute approximate surface area is 187 Å². The van der Waals surface area contributed by atoms with Gasteiger partial charge in [0.05, 0.1) is 22.4 Å². The summed E-state index contributed by atoms with van der Waals surface area (Å²) in [5, 5.41) is 39.9. The summed E-state index contributed by atoms with van der Waals surface area (Å²) in [5.41, 5.74) is -4.13. The van der Waals surface area contributed by atoms with Crippen molar-refractivity contribution in [2.24, 2.45) is 0 Å². The molecule has 0 unspecified atom stereocenters. The van der Waals surface area contributed by atoms with Crippen LogP contribution < -0.4 is 9.55 Å². The van der Waals surface area contributed by atoms with E-state index in [1.165, 1.54) is 22.7 Å². The first-order chi connectivity index (χ1) is 13.4. The maximum atomic E-state index is 10.6. The van der Waals surface area contributed by atoms with Crippen LogP contribution in [0.4, 0.5) is 0 Å². The molecule has 2 aromatic rings. The van der Waals surface area contributed by atoms with E-state index in [1.807, 2.05) is 18.2 Å². The second-order valence-electron chi connectivity index (χ2n) is 9.48. The van der Waals surface area contributed by atoms with E-state index in [0.29, 0.717) is 4.78 Å². The molecule has 0 radical (unpaired) electrons. The van der Waals surface area contributed by atoms with Gasteiger partial charge in [-0.1, -0.05) is 12.1 Å². The summed E-state index contributed by atoms with van der Waals surface area (Å²) in [7, 11) is -2.32. The van der Waals surface area contributed by atoms with Crippen LogP contribution in [-0.4, -0.2) is 56.9 Å². The second kappa shape index (κ2) is 8.67. The molecular weight excluding hydrogens is 422 g/mol. The molecule has 30 heavy (non-hydrogen) atoms. The summed E-state index contributed by atoms with van der Waals surface area (Å²) in [5.74, 6) is 0. The molecule has 4 N–H and O–H groups in total. The summed E-state index contributed by atoms with van der Waals surface area (Å²) in [4.78, 5) is 1.83. The van der Waals surface area contributed by atoms with Crippen LogP contribution in [0.15, 0.2) is 24.3 Å². The summed E-state index contributed by atoms with van der Waals surface area (Å²) < 4.78 is 13.8. The van der Waals surface area contributed by atoms with Crippen molar-refractivity contribution in [1.29, 1.82) is 0 Å². The quantitative estimate of drug-likeness (QED) is 0.433. The summed E-state index contributed by atoms with van der Waals surface area (Å²) >= 11 is 2.76. The minimum Gasteiger partial charge on any atom is -0.423 e. The average molecular weight is 454 g/mol. The van der Waals surface area contributed by atoms with Gasteiger partial charge in [-0.15, -0.1) is 22.7 Å². The van der Waals surface area contributed by atoms with Crippen molar-refractivity contribution in [2.75, 3.05) is 0 Å². The molecule has 0 bridgehead atoms. The molecule has 2 rings (SSSR count). The van der Waals surface area contributed by atoms with Gasteiger partial charge >= 0.3 is 14.2 Å². The minimum atomic E-state index is -1.50. The van der Waals surface area contributed by atoms with Gasteiger partial charge in [0.25, 0.3) is 0 Å². The Hall–Kier alpha value is -0.710. The highest BCUT2D eigenvalue weighted by molar-refractivity contribution is 7.30. The fourth-order valence-corrected chi connectivity index (χ4v) is 4.14. The van der Waals surface area contributed by atoms with Crippen LogP contribution >= 0.6 is 22.7 Å². The molecule has 0 saturated heterocycles. The SMILES string of the molecule is CC(C)(O)C(C)(C)OB(OC(C)(C)C(C)(C)O)c1ccc(-c2ccc(B(O)O)s2)s1. The predicted octanol–water partition coefficient (Wildman–Crippen LogP) is 1.98. The Morgan fingerprint density at radius 3 is 1.37 bits per heavy atom. The van der Waals surface area contributed by atoms with Gasteiger partial charge < -0.3 is 29.6 Å². The van der Waals surface area contributed by atoms with Crippen LogP contribution in [0, 0.1) is 0 Å². The minimum absolute atomic E-state index is 0.468. The molecular formula is C20H32B2O6S2. The zero-order chi connectivity index (χ0) is 23.1. The van der Waals surface area contributed by atoms with E-state index in [9.17, 15) is 20.3 Å². The van der Waals surface area contributed by atoms with E-state index in [1.54, 1.807) is 61.5 Å². The van der Waals surface area contributed by atoms with Crippen molar-refractivity contribution in [3.63, 3.8) is 0 Å². The molecule has 166 valence electrons. The van der Waals surface area contributed by atoms with E-state index in [4.69, 9.17) is 9.31 Å². The van der Waals surface area contributed by atoms with Crippen LogP contribution in [0.5, 0.6) is 0 Å². The zero-order valence-corrected chi connectivity index (χ0v) is 20.5. The highest BCUT2D eigenvalue weighted by Crippen LogP contribution is 2.33. The molecule has 2 heterocycles. The highest BCUT2D eigenvalue weighted by Gasteiger charge is 2.46. The van der Waals surface area contributed by atoms with Crippen molar-refractivity contribution in [3.05, 3.63) is 24.3 Å². The van der Waals surface area contributed by atoms with Crippen molar-refractivity contribution in [2.45, 2.75) is 77.8 Å². The fraction of sp³-hybridized carbons (Fsp3) is 0.600. The van der Waals surface area contributed by atoms with Gasteiger partial charge in [0.1, 0.15) is 0 Å². The highest BCUT2D eigenvalue weighted by atomic mass is 32.1. The monoisotopic (exact) mass is 454 g/mol. The molecule has 0 spiro atoms. The summed E-state index contributed by atoms with van der Waals surface area (Å²) in [6, 6.07) is 7.34. The van der Waals surface area contributed by atoms with Gasteiger partial charge in [-0.05, 0) is 67.5 Å². The molecule has 0 aromatic carbocycles. The number of rotatable bonds is 9. The predicted molar refractivity (Wildman–Crippen MR) is 126 cm³/mol. The summed E-state index contributed by atoms with van der Waals surface area (Å²) in [6.45, 7) is 13.9. The van der Waals surface area contributed by atoms with Crippen LogP contribution in [0.2, 0.25) is 0 Å². The number of hydrogen-bond acceptors (Lipinski definition) is 8. The second-order valence-corrected chi connectivity index (χ2v) is 11.7. The molecule has 0 saturated carbocycles. The smallest absolute Gasteiger partial charge is 0.423 e. The Balaban J connectivity index is 2.40. The molecule has 0 fully saturated rings. The van der Waals surface area contributed by atoms with Gasteiger partial charge in [-0.2, -0.15) is 0 Å².